The maximum atomic E-state index is 13.6. The lowest BCUT2D eigenvalue weighted by molar-refractivity contribution is -0.140. The maximum absolute atomic E-state index is 13.6. The topological polar surface area (TPSA) is 79.0 Å². The summed E-state index contributed by atoms with van der Waals surface area (Å²) in [5, 5.41) is 4.47. The number of nitrogens with one attached hydrogen (secondary N) is 1. The van der Waals surface area contributed by atoms with Gasteiger partial charge in [-0.1, -0.05) is 43.3 Å². The number of carbonyl (C=O) groups is 3. The highest BCUT2D eigenvalue weighted by Gasteiger charge is 2.34. The highest BCUT2D eigenvalue weighted by molar-refractivity contribution is 6.26. The number of likely N-dealkylation sites (N-methyl/N-ethyl adjacent to an activating group) is 1. The lowest BCUT2D eigenvalue weighted by Gasteiger charge is -2.32. The summed E-state index contributed by atoms with van der Waals surface area (Å²) >= 11 is 0. The van der Waals surface area contributed by atoms with Crippen molar-refractivity contribution >= 4 is 34.2 Å². The van der Waals surface area contributed by atoms with Gasteiger partial charge in [-0.25, -0.2) is 0 Å². The molecule has 0 bridgehead atoms. The summed E-state index contributed by atoms with van der Waals surface area (Å²) in [6.45, 7) is 1.94. The van der Waals surface area contributed by atoms with Crippen LogP contribution < -0.4 is 15.0 Å². The predicted molar refractivity (Wildman–Crippen MR) is 127 cm³/mol. The molecular formula is C26H27N3O4. The number of rotatable bonds is 8. The van der Waals surface area contributed by atoms with Gasteiger partial charge in [-0.2, -0.15) is 0 Å². The number of anilines is 1. The Morgan fingerprint density at radius 2 is 1.82 bits per heavy atom. The molecule has 3 amide bonds. The molecule has 3 aromatic carbocycles. The van der Waals surface area contributed by atoms with E-state index in [-0.39, 0.29) is 30.8 Å². The van der Waals surface area contributed by atoms with Gasteiger partial charge in [0.1, 0.15) is 18.3 Å². The molecule has 0 saturated heterocycles. The first kappa shape index (κ1) is 22.3. The van der Waals surface area contributed by atoms with Crippen molar-refractivity contribution in [1.29, 1.82) is 0 Å². The smallest absolute Gasteiger partial charge is 0.259 e. The lowest BCUT2D eigenvalue weighted by atomic mass is 10.1. The summed E-state index contributed by atoms with van der Waals surface area (Å²) < 4.78 is 5.31. The molecule has 3 aromatic rings. The minimum absolute atomic E-state index is 0.149. The summed E-state index contributed by atoms with van der Waals surface area (Å²) in [5.74, 6) is -0.0764. The van der Waals surface area contributed by atoms with Crippen molar-refractivity contribution in [3.05, 3.63) is 71.8 Å². The average molecular weight is 446 g/mol. The SMILES string of the molecule is CCC(C(=O)NC)N(Cc1cccc(OC)c1)C(=O)CN1C(=O)c2cccc3cccc1c23. The molecule has 4 rings (SSSR count). The van der Waals surface area contributed by atoms with E-state index in [9.17, 15) is 14.4 Å². The zero-order valence-corrected chi connectivity index (χ0v) is 19.0. The molecule has 170 valence electrons. The number of ether oxygens (including phenoxy) is 1. The van der Waals surface area contributed by atoms with E-state index in [1.807, 2.05) is 61.5 Å². The van der Waals surface area contributed by atoms with Crippen LogP contribution in [0.25, 0.3) is 10.8 Å². The number of methoxy groups -OCH3 is 1. The molecule has 1 N–H and O–H groups in total. The Labute approximate surface area is 192 Å². The molecule has 0 radical (unpaired) electrons. The molecule has 0 saturated carbocycles. The van der Waals surface area contributed by atoms with Crippen LogP contribution in [0.1, 0.15) is 29.3 Å². The van der Waals surface area contributed by atoms with E-state index in [2.05, 4.69) is 5.32 Å². The number of carbonyl (C=O) groups excluding carboxylic acids is 3. The summed E-state index contributed by atoms with van der Waals surface area (Å²) in [7, 11) is 3.14. The number of hydrogen-bond donors (Lipinski definition) is 1. The third-order valence-electron chi connectivity index (χ3n) is 6.06. The van der Waals surface area contributed by atoms with Crippen LogP contribution in [0.15, 0.2) is 60.7 Å². The second kappa shape index (κ2) is 9.32. The largest absolute Gasteiger partial charge is 0.497 e. The molecule has 0 aromatic heterocycles. The standard InChI is InChI=1S/C26H27N3O4/c1-4-21(25(31)27-2)28(15-17-8-5-11-19(14-17)33-3)23(30)16-29-22-13-7-10-18-9-6-12-20(24(18)22)26(29)32/h5-14,21H,4,15-16H2,1-3H3,(H,27,31). The van der Waals surface area contributed by atoms with Gasteiger partial charge in [-0.3, -0.25) is 19.3 Å². The Morgan fingerprint density at radius 3 is 2.52 bits per heavy atom. The summed E-state index contributed by atoms with van der Waals surface area (Å²) in [6.07, 6.45) is 0.444. The molecule has 0 fully saturated rings. The van der Waals surface area contributed by atoms with E-state index >= 15 is 0 Å². The van der Waals surface area contributed by atoms with Gasteiger partial charge in [0.2, 0.25) is 11.8 Å². The van der Waals surface area contributed by atoms with Crippen LogP contribution in [-0.4, -0.2) is 49.4 Å². The summed E-state index contributed by atoms with van der Waals surface area (Å²) in [5.41, 5.74) is 2.15. The molecule has 1 heterocycles. The second-order valence-corrected chi connectivity index (χ2v) is 7.98. The molecule has 1 atom stereocenters. The van der Waals surface area contributed by atoms with Gasteiger partial charge >= 0.3 is 0 Å². The monoisotopic (exact) mass is 445 g/mol. The Morgan fingerprint density at radius 1 is 1.09 bits per heavy atom. The van der Waals surface area contributed by atoms with Crippen LogP contribution >= 0.6 is 0 Å². The van der Waals surface area contributed by atoms with Crippen molar-refractivity contribution in [2.75, 3.05) is 25.6 Å². The third kappa shape index (κ3) is 4.14. The van der Waals surface area contributed by atoms with Crippen molar-refractivity contribution in [2.45, 2.75) is 25.9 Å². The van der Waals surface area contributed by atoms with Gasteiger partial charge in [0.15, 0.2) is 0 Å². The first-order chi connectivity index (χ1) is 16.0. The molecule has 7 heteroatoms. The first-order valence-corrected chi connectivity index (χ1v) is 11.0. The van der Waals surface area contributed by atoms with Crippen LogP contribution in [0.3, 0.4) is 0 Å². The zero-order chi connectivity index (χ0) is 23.5. The minimum atomic E-state index is -0.662. The van der Waals surface area contributed by atoms with E-state index < -0.39 is 6.04 Å². The number of amides is 3. The zero-order valence-electron chi connectivity index (χ0n) is 19.0. The molecule has 1 unspecified atom stereocenters. The van der Waals surface area contributed by atoms with E-state index in [4.69, 9.17) is 4.74 Å². The van der Waals surface area contributed by atoms with E-state index in [1.54, 1.807) is 25.1 Å². The molecule has 7 nitrogen and oxygen atoms in total. The fourth-order valence-corrected chi connectivity index (χ4v) is 4.42. The Hall–Kier alpha value is -3.87. The van der Waals surface area contributed by atoms with Crippen LogP contribution in [0.5, 0.6) is 5.75 Å². The van der Waals surface area contributed by atoms with Crippen LogP contribution in [-0.2, 0) is 16.1 Å². The van der Waals surface area contributed by atoms with Gasteiger partial charge in [0.05, 0.1) is 12.8 Å². The van der Waals surface area contributed by atoms with E-state index in [0.29, 0.717) is 17.7 Å². The first-order valence-electron chi connectivity index (χ1n) is 11.0. The van der Waals surface area contributed by atoms with Crippen molar-refractivity contribution in [3.8, 4) is 5.75 Å². The van der Waals surface area contributed by atoms with E-state index in [1.165, 1.54) is 4.90 Å². The molecule has 0 spiro atoms. The maximum Gasteiger partial charge on any atom is 0.259 e. The normalized spacial score (nSPS) is 13.2. The van der Waals surface area contributed by atoms with Crippen LogP contribution in [0.4, 0.5) is 5.69 Å². The molecule has 0 aliphatic carbocycles. The van der Waals surface area contributed by atoms with Crippen LogP contribution in [0.2, 0.25) is 0 Å². The fraction of sp³-hybridized carbons (Fsp3) is 0.269. The number of hydrogen-bond acceptors (Lipinski definition) is 4. The highest BCUT2D eigenvalue weighted by atomic mass is 16.5. The third-order valence-corrected chi connectivity index (χ3v) is 6.06. The van der Waals surface area contributed by atoms with Gasteiger partial charge in [-0.05, 0) is 41.6 Å². The Bertz CT molecular complexity index is 1220. The highest BCUT2D eigenvalue weighted by Crippen LogP contribution is 2.37. The lowest BCUT2D eigenvalue weighted by Crippen LogP contribution is -2.51. The number of nitrogens with zero attached hydrogens (tertiary/aromatic N) is 2. The molecule has 1 aliphatic rings. The summed E-state index contributed by atoms with van der Waals surface area (Å²) in [4.78, 5) is 42.5. The Kier molecular flexibility index (Phi) is 6.31. The van der Waals surface area contributed by atoms with Crippen molar-refractivity contribution in [1.82, 2.24) is 10.2 Å². The van der Waals surface area contributed by atoms with Crippen molar-refractivity contribution in [3.63, 3.8) is 0 Å². The molecular weight excluding hydrogens is 418 g/mol. The number of benzene rings is 3. The van der Waals surface area contributed by atoms with Crippen molar-refractivity contribution < 1.29 is 19.1 Å². The Balaban J connectivity index is 1.66. The molecule has 1 aliphatic heterocycles. The fourth-order valence-electron chi connectivity index (χ4n) is 4.42. The quantitative estimate of drug-likeness (QED) is 0.577. The predicted octanol–water partition coefficient (Wildman–Crippen LogP) is 3.36. The van der Waals surface area contributed by atoms with Gasteiger partial charge in [0, 0.05) is 24.5 Å². The van der Waals surface area contributed by atoms with Crippen LogP contribution in [0, 0.1) is 0 Å². The van der Waals surface area contributed by atoms with Gasteiger partial charge in [-0.15, -0.1) is 0 Å². The average Bonchev–Trinajstić information content (AvgIpc) is 3.11. The summed E-state index contributed by atoms with van der Waals surface area (Å²) in [6, 6.07) is 18.0. The van der Waals surface area contributed by atoms with Crippen molar-refractivity contribution in [2.24, 2.45) is 0 Å². The van der Waals surface area contributed by atoms with E-state index in [0.717, 1.165) is 22.0 Å². The van der Waals surface area contributed by atoms with Gasteiger partial charge < -0.3 is 15.0 Å². The molecule has 33 heavy (non-hydrogen) atoms. The second-order valence-electron chi connectivity index (χ2n) is 7.98. The van der Waals surface area contributed by atoms with Gasteiger partial charge in [0.25, 0.3) is 5.91 Å². The minimum Gasteiger partial charge on any atom is -0.497 e.